The molecule has 0 radical (unpaired) electrons. The van der Waals surface area contributed by atoms with Crippen LogP contribution in [0.4, 0.5) is 0 Å². The predicted octanol–water partition coefficient (Wildman–Crippen LogP) is -0.414. The average molecular weight is 233 g/mol. The molecular weight excluding hydrogens is 218 g/mol. The van der Waals surface area contributed by atoms with E-state index in [4.69, 9.17) is 25.5 Å². The van der Waals surface area contributed by atoms with E-state index >= 15 is 0 Å². The lowest BCUT2D eigenvalue weighted by molar-refractivity contribution is -0.159. The molecule has 0 aromatic carbocycles. The Morgan fingerprint density at radius 1 is 1.12 bits per heavy atom. The lowest BCUT2D eigenvalue weighted by atomic mass is 10.0. The van der Waals surface area contributed by atoms with E-state index in [1.165, 1.54) is 7.11 Å². The summed E-state index contributed by atoms with van der Waals surface area (Å²) in [4.78, 5) is 29.2. The number of hydrogen-bond donors (Lipinski definition) is 3. The third kappa shape index (κ3) is 4.26. The van der Waals surface area contributed by atoms with Gasteiger partial charge in [0.05, 0.1) is 7.11 Å². The van der Waals surface area contributed by atoms with Crippen molar-refractivity contribution >= 4 is 17.9 Å². The Morgan fingerprint density at radius 2 is 1.50 bits per heavy atom. The van der Waals surface area contributed by atoms with Crippen LogP contribution in [0.25, 0.3) is 0 Å². The Balaban J connectivity index is 0.000000325. The minimum absolute atomic E-state index is 0.259. The fourth-order valence-corrected chi connectivity index (χ4v) is 1.41. The van der Waals surface area contributed by atoms with Gasteiger partial charge in [-0.15, -0.1) is 0 Å². The molecular formula is C9H15NO6. The lowest BCUT2D eigenvalue weighted by Gasteiger charge is -2.18. The minimum atomic E-state index is -1.82. The van der Waals surface area contributed by atoms with Crippen LogP contribution in [0.15, 0.2) is 0 Å². The van der Waals surface area contributed by atoms with E-state index in [1.54, 1.807) is 0 Å². The van der Waals surface area contributed by atoms with E-state index in [0.29, 0.717) is 0 Å². The molecule has 1 aliphatic rings. The summed E-state index contributed by atoms with van der Waals surface area (Å²) in [5.74, 6) is -3.91. The number of carbonyl (C=O) groups is 3. The highest BCUT2D eigenvalue weighted by Crippen LogP contribution is 2.27. The van der Waals surface area contributed by atoms with Gasteiger partial charge in [-0.25, -0.2) is 9.59 Å². The van der Waals surface area contributed by atoms with Crippen molar-refractivity contribution in [3.8, 4) is 0 Å². The van der Waals surface area contributed by atoms with Crippen LogP contribution in [0.2, 0.25) is 0 Å². The van der Waals surface area contributed by atoms with Gasteiger partial charge in [0.2, 0.25) is 0 Å². The second-order valence-electron chi connectivity index (χ2n) is 3.47. The Hall–Kier alpha value is -1.63. The predicted molar refractivity (Wildman–Crippen MR) is 52.7 cm³/mol. The van der Waals surface area contributed by atoms with E-state index in [2.05, 4.69) is 4.74 Å². The highest BCUT2D eigenvalue weighted by Gasteiger charge is 2.37. The van der Waals surface area contributed by atoms with E-state index in [0.717, 1.165) is 25.7 Å². The van der Waals surface area contributed by atoms with E-state index in [1.807, 2.05) is 0 Å². The number of rotatable bonds is 1. The summed E-state index contributed by atoms with van der Waals surface area (Å²) < 4.78 is 4.57. The highest BCUT2D eigenvalue weighted by molar-refractivity contribution is 6.27. The molecule has 7 nitrogen and oxygen atoms in total. The van der Waals surface area contributed by atoms with Gasteiger partial charge >= 0.3 is 17.9 Å². The van der Waals surface area contributed by atoms with Gasteiger partial charge in [-0.1, -0.05) is 12.8 Å². The molecule has 1 rings (SSSR count). The molecule has 1 saturated carbocycles. The Kier molecular flexibility index (Phi) is 5.44. The number of carbonyl (C=O) groups excluding carboxylic acids is 1. The van der Waals surface area contributed by atoms with Gasteiger partial charge in [0.1, 0.15) is 5.54 Å². The Labute approximate surface area is 92.2 Å². The molecule has 0 heterocycles. The van der Waals surface area contributed by atoms with Crippen molar-refractivity contribution in [3.63, 3.8) is 0 Å². The molecule has 16 heavy (non-hydrogen) atoms. The van der Waals surface area contributed by atoms with E-state index in [-0.39, 0.29) is 5.97 Å². The summed E-state index contributed by atoms with van der Waals surface area (Å²) in [7, 11) is 1.38. The molecule has 0 spiro atoms. The van der Waals surface area contributed by atoms with Crippen molar-refractivity contribution < 1.29 is 29.3 Å². The number of aliphatic carboxylic acids is 2. The summed E-state index contributed by atoms with van der Waals surface area (Å²) >= 11 is 0. The molecule has 0 bridgehead atoms. The first-order valence-electron chi connectivity index (χ1n) is 4.67. The molecule has 1 fully saturated rings. The molecule has 1 aliphatic carbocycles. The number of hydrogen-bond acceptors (Lipinski definition) is 5. The van der Waals surface area contributed by atoms with Crippen LogP contribution in [0.3, 0.4) is 0 Å². The minimum Gasteiger partial charge on any atom is -0.473 e. The van der Waals surface area contributed by atoms with Crippen LogP contribution in [0.5, 0.6) is 0 Å². The van der Waals surface area contributed by atoms with Crippen LogP contribution >= 0.6 is 0 Å². The van der Waals surface area contributed by atoms with Crippen molar-refractivity contribution in [3.05, 3.63) is 0 Å². The summed E-state index contributed by atoms with van der Waals surface area (Å²) in [5, 5.41) is 14.8. The Morgan fingerprint density at radius 3 is 1.75 bits per heavy atom. The van der Waals surface area contributed by atoms with Crippen LogP contribution < -0.4 is 5.73 Å². The second-order valence-corrected chi connectivity index (χ2v) is 3.47. The molecule has 0 atom stereocenters. The van der Waals surface area contributed by atoms with Crippen molar-refractivity contribution in [2.24, 2.45) is 5.73 Å². The normalized spacial score (nSPS) is 16.9. The Bertz CT molecular complexity index is 270. The van der Waals surface area contributed by atoms with Gasteiger partial charge in [0.25, 0.3) is 0 Å². The highest BCUT2D eigenvalue weighted by atomic mass is 16.5. The number of ether oxygens (including phenoxy) is 1. The molecule has 0 aliphatic heterocycles. The van der Waals surface area contributed by atoms with Gasteiger partial charge in [-0.2, -0.15) is 0 Å². The SMILES string of the molecule is COC(=O)C1(N)CCCC1.O=C(O)C(=O)O. The molecule has 0 aromatic rings. The molecule has 0 aromatic heterocycles. The standard InChI is InChI=1S/C7H13NO2.C2H2O4/c1-10-6(9)7(8)4-2-3-5-7;3-1(4)2(5)6/h2-5,8H2,1H3;(H,3,4)(H,5,6). The summed E-state index contributed by atoms with van der Waals surface area (Å²) in [5.41, 5.74) is 5.08. The molecule has 0 amide bonds. The van der Waals surface area contributed by atoms with Crippen LogP contribution in [-0.4, -0.2) is 40.8 Å². The van der Waals surface area contributed by atoms with Gasteiger partial charge in [0.15, 0.2) is 0 Å². The summed E-state index contributed by atoms with van der Waals surface area (Å²) in [6.07, 6.45) is 3.65. The number of nitrogens with two attached hydrogens (primary N) is 1. The van der Waals surface area contributed by atoms with Crippen LogP contribution in [0, 0.1) is 0 Å². The number of esters is 1. The molecule has 0 unspecified atom stereocenters. The maximum atomic E-state index is 11.0. The first kappa shape index (κ1) is 14.4. The third-order valence-corrected chi connectivity index (χ3v) is 2.27. The molecule has 7 heteroatoms. The van der Waals surface area contributed by atoms with Gasteiger partial charge in [-0.05, 0) is 12.8 Å². The van der Waals surface area contributed by atoms with Crippen LogP contribution in [0.1, 0.15) is 25.7 Å². The topological polar surface area (TPSA) is 127 Å². The largest absolute Gasteiger partial charge is 0.473 e. The second kappa shape index (κ2) is 6.06. The lowest BCUT2D eigenvalue weighted by Crippen LogP contribution is -2.45. The van der Waals surface area contributed by atoms with E-state index < -0.39 is 17.5 Å². The van der Waals surface area contributed by atoms with Crippen molar-refractivity contribution in [1.29, 1.82) is 0 Å². The van der Waals surface area contributed by atoms with Gasteiger partial charge in [0, 0.05) is 0 Å². The average Bonchev–Trinajstić information content (AvgIpc) is 2.66. The first-order chi connectivity index (χ1) is 7.33. The maximum absolute atomic E-state index is 11.0. The number of carboxylic acid groups (broad SMARTS) is 2. The summed E-state index contributed by atoms with van der Waals surface area (Å²) in [6.45, 7) is 0. The fourth-order valence-electron chi connectivity index (χ4n) is 1.41. The number of methoxy groups -OCH3 is 1. The smallest absolute Gasteiger partial charge is 0.414 e. The van der Waals surface area contributed by atoms with Gasteiger partial charge < -0.3 is 20.7 Å². The maximum Gasteiger partial charge on any atom is 0.414 e. The monoisotopic (exact) mass is 233 g/mol. The molecule has 92 valence electrons. The van der Waals surface area contributed by atoms with E-state index in [9.17, 15) is 4.79 Å². The fraction of sp³-hybridized carbons (Fsp3) is 0.667. The van der Waals surface area contributed by atoms with Crippen LogP contribution in [-0.2, 0) is 19.1 Å². The number of carboxylic acids is 2. The quantitative estimate of drug-likeness (QED) is 0.414. The zero-order valence-corrected chi connectivity index (χ0v) is 8.93. The zero-order valence-electron chi connectivity index (χ0n) is 8.93. The van der Waals surface area contributed by atoms with Crippen molar-refractivity contribution in [1.82, 2.24) is 0 Å². The van der Waals surface area contributed by atoms with Crippen molar-refractivity contribution in [2.75, 3.05) is 7.11 Å². The zero-order chi connectivity index (χ0) is 12.8. The van der Waals surface area contributed by atoms with Gasteiger partial charge in [-0.3, -0.25) is 4.79 Å². The molecule has 0 saturated heterocycles. The van der Waals surface area contributed by atoms with Crippen molar-refractivity contribution in [2.45, 2.75) is 31.2 Å². The molecule has 4 N–H and O–H groups in total. The third-order valence-electron chi connectivity index (χ3n) is 2.27. The first-order valence-corrected chi connectivity index (χ1v) is 4.67. The summed E-state index contributed by atoms with van der Waals surface area (Å²) in [6, 6.07) is 0.